The van der Waals surface area contributed by atoms with Gasteiger partial charge in [0.1, 0.15) is 12.2 Å². The molecule has 1 atom stereocenters. The second kappa shape index (κ2) is 6.30. The van der Waals surface area contributed by atoms with Gasteiger partial charge in [-0.15, -0.1) is 0 Å². The van der Waals surface area contributed by atoms with Gasteiger partial charge in [0.05, 0.1) is 0 Å². The SMILES string of the molecule is Cc1nc(CC(F)(F)F)nc2c1CC(CNC(C)C)CC2. The van der Waals surface area contributed by atoms with Crippen molar-refractivity contribution >= 4 is 0 Å². The summed E-state index contributed by atoms with van der Waals surface area (Å²) < 4.78 is 37.4. The predicted molar refractivity (Wildman–Crippen MR) is 75.2 cm³/mol. The van der Waals surface area contributed by atoms with E-state index >= 15 is 0 Å². The van der Waals surface area contributed by atoms with Gasteiger partial charge in [0.2, 0.25) is 0 Å². The molecule has 1 unspecified atom stereocenters. The van der Waals surface area contributed by atoms with E-state index in [4.69, 9.17) is 0 Å². The van der Waals surface area contributed by atoms with Crippen molar-refractivity contribution in [2.45, 2.75) is 58.7 Å². The van der Waals surface area contributed by atoms with Gasteiger partial charge < -0.3 is 5.32 Å². The molecule has 0 saturated carbocycles. The van der Waals surface area contributed by atoms with Gasteiger partial charge in [-0.1, -0.05) is 13.8 Å². The number of hydrogen-bond acceptors (Lipinski definition) is 3. The molecule has 21 heavy (non-hydrogen) atoms. The van der Waals surface area contributed by atoms with Crippen molar-refractivity contribution in [2.75, 3.05) is 6.54 Å². The summed E-state index contributed by atoms with van der Waals surface area (Å²) in [6.45, 7) is 6.93. The molecule has 0 aliphatic heterocycles. The van der Waals surface area contributed by atoms with E-state index in [0.717, 1.165) is 37.1 Å². The summed E-state index contributed by atoms with van der Waals surface area (Å²) in [6, 6.07) is 0.443. The smallest absolute Gasteiger partial charge is 0.314 e. The molecule has 6 heteroatoms. The molecule has 0 bridgehead atoms. The third-order valence-electron chi connectivity index (χ3n) is 3.80. The van der Waals surface area contributed by atoms with Gasteiger partial charge in [-0.05, 0) is 44.2 Å². The minimum Gasteiger partial charge on any atom is -0.314 e. The van der Waals surface area contributed by atoms with Crippen LogP contribution >= 0.6 is 0 Å². The number of nitrogens with one attached hydrogen (secondary N) is 1. The lowest BCUT2D eigenvalue weighted by atomic mass is 9.85. The summed E-state index contributed by atoms with van der Waals surface area (Å²) in [5.74, 6) is 0.410. The Labute approximate surface area is 123 Å². The average molecular weight is 301 g/mol. The molecular formula is C15H22F3N3. The Balaban J connectivity index is 2.11. The van der Waals surface area contributed by atoms with Crippen molar-refractivity contribution in [3.8, 4) is 0 Å². The highest BCUT2D eigenvalue weighted by atomic mass is 19.4. The molecule has 3 nitrogen and oxygen atoms in total. The van der Waals surface area contributed by atoms with Crippen molar-refractivity contribution in [3.63, 3.8) is 0 Å². The minimum absolute atomic E-state index is 0.0995. The molecule has 0 fully saturated rings. The molecule has 0 aromatic carbocycles. The Morgan fingerprint density at radius 3 is 2.62 bits per heavy atom. The highest BCUT2D eigenvalue weighted by Gasteiger charge is 2.31. The van der Waals surface area contributed by atoms with E-state index in [1.54, 1.807) is 6.92 Å². The lowest BCUT2D eigenvalue weighted by molar-refractivity contribution is -0.128. The molecule has 1 heterocycles. The largest absolute Gasteiger partial charge is 0.396 e. The number of aryl methyl sites for hydroxylation is 2. The highest BCUT2D eigenvalue weighted by molar-refractivity contribution is 5.28. The molecule has 1 aliphatic carbocycles. The van der Waals surface area contributed by atoms with Crippen molar-refractivity contribution < 1.29 is 13.2 Å². The monoisotopic (exact) mass is 301 g/mol. The summed E-state index contributed by atoms with van der Waals surface area (Å²) in [6.07, 6.45) is -2.73. The van der Waals surface area contributed by atoms with E-state index in [0.29, 0.717) is 17.7 Å². The van der Waals surface area contributed by atoms with Crippen molar-refractivity contribution in [3.05, 3.63) is 22.8 Å². The maximum absolute atomic E-state index is 12.5. The van der Waals surface area contributed by atoms with Crippen LogP contribution in [0.25, 0.3) is 0 Å². The van der Waals surface area contributed by atoms with Gasteiger partial charge in [0.25, 0.3) is 0 Å². The van der Waals surface area contributed by atoms with E-state index in [2.05, 4.69) is 29.1 Å². The maximum Gasteiger partial charge on any atom is 0.396 e. The van der Waals surface area contributed by atoms with Crippen LogP contribution in [-0.4, -0.2) is 28.7 Å². The second-order valence-electron chi connectivity index (χ2n) is 6.11. The molecule has 1 N–H and O–H groups in total. The third-order valence-corrected chi connectivity index (χ3v) is 3.80. The minimum atomic E-state index is -4.25. The van der Waals surface area contributed by atoms with Gasteiger partial charge in [-0.25, -0.2) is 9.97 Å². The molecule has 2 rings (SSSR count). The molecule has 1 aromatic rings. The van der Waals surface area contributed by atoms with Gasteiger partial charge in [-0.3, -0.25) is 0 Å². The Hall–Kier alpha value is -1.17. The number of halogens is 3. The second-order valence-corrected chi connectivity index (χ2v) is 6.11. The summed E-state index contributed by atoms with van der Waals surface area (Å²) in [4.78, 5) is 8.19. The molecule has 0 amide bonds. The first-order chi connectivity index (χ1) is 9.74. The van der Waals surface area contributed by atoms with Crippen LogP contribution in [0.1, 0.15) is 43.0 Å². The number of hydrogen-bond donors (Lipinski definition) is 1. The summed E-state index contributed by atoms with van der Waals surface area (Å²) >= 11 is 0. The zero-order valence-corrected chi connectivity index (χ0v) is 12.7. The molecular weight excluding hydrogens is 279 g/mol. The maximum atomic E-state index is 12.5. The van der Waals surface area contributed by atoms with Crippen LogP contribution in [0.4, 0.5) is 13.2 Å². The van der Waals surface area contributed by atoms with Crippen LogP contribution in [0.5, 0.6) is 0 Å². The van der Waals surface area contributed by atoms with Crippen molar-refractivity contribution in [1.29, 1.82) is 0 Å². The third kappa shape index (κ3) is 4.66. The Morgan fingerprint density at radius 1 is 1.29 bits per heavy atom. The standard InChI is InChI=1S/C15H22F3N3/c1-9(2)19-8-11-4-5-13-12(6-11)10(3)20-14(21-13)7-15(16,17)18/h9,11,19H,4-8H2,1-3H3. The Morgan fingerprint density at radius 2 is 2.00 bits per heavy atom. The number of fused-ring (bicyclic) bond motifs is 1. The molecule has 118 valence electrons. The zero-order chi connectivity index (χ0) is 15.6. The van der Waals surface area contributed by atoms with Crippen LogP contribution in [-0.2, 0) is 19.3 Å². The van der Waals surface area contributed by atoms with E-state index in [9.17, 15) is 13.2 Å². The summed E-state index contributed by atoms with van der Waals surface area (Å²) in [5.41, 5.74) is 2.55. The topological polar surface area (TPSA) is 37.8 Å². The van der Waals surface area contributed by atoms with Crippen LogP contribution < -0.4 is 5.32 Å². The number of aromatic nitrogens is 2. The lowest BCUT2D eigenvalue weighted by Crippen LogP contribution is -2.32. The van der Waals surface area contributed by atoms with E-state index in [1.807, 2.05) is 0 Å². The number of rotatable bonds is 4. The van der Waals surface area contributed by atoms with Crippen molar-refractivity contribution in [1.82, 2.24) is 15.3 Å². The Bertz CT molecular complexity index is 498. The molecule has 0 saturated heterocycles. The average Bonchev–Trinajstić information content (AvgIpc) is 2.34. The van der Waals surface area contributed by atoms with E-state index in [-0.39, 0.29) is 5.82 Å². The van der Waals surface area contributed by atoms with Crippen molar-refractivity contribution in [2.24, 2.45) is 5.92 Å². The molecule has 0 spiro atoms. The van der Waals surface area contributed by atoms with Gasteiger partial charge in [0, 0.05) is 17.4 Å². The lowest BCUT2D eigenvalue weighted by Gasteiger charge is -2.26. The fraction of sp³-hybridized carbons (Fsp3) is 0.733. The quantitative estimate of drug-likeness (QED) is 0.929. The fourth-order valence-corrected chi connectivity index (χ4v) is 2.76. The normalized spacial score (nSPS) is 18.9. The Kier molecular flexibility index (Phi) is 4.86. The predicted octanol–water partition coefficient (Wildman–Crippen LogP) is 2.99. The van der Waals surface area contributed by atoms with E-state index < -0.39 is 12.6 Å². The van der Waals surface area contributed by atoms with Crippen LogP contribution in [0, 0.1) is 12.8 Å². The molecule has 1 aromatic heterocycles. The van der Waals surface area contributed by atoms with Gasteiger partial charge in [-0.2, -0.15) is 13.2 Å². The highest BCUT2D eigenvalue weighted by Crippen LogP contribution is 2.27. The van der Waals surface area contributed by atoms with E-state index in [1.165, 1.54) is 0 Å². The van der Waals surface area contributed by atoms with Crippen LogP contribution in [0.3, 0.4) is 0 Å². The summed E-state index contributed by atoms with van der Waals surface area (Å²) in [5, 5.41) is 3.42. The molecule has 0 radical (unpaired) electrons. The van der Waals surface area contributed by atoms with Gasteiger partial charge in [0.15, 0.2) is 0 Å². The first kappa shape index (κ1) is 16.2. The summed E-state index contributed by atoms with van der Waals surface area (Å²) in [7, 11) is 0. The fourth-order valence-electron chi connectivity index (χ4n) is 2.76. The van der Waals surface area contributed by atoms with Crippen LogP contribution in [0.15, 0.2) is 0 Å². The first-order valence-electron chi connectivity index (χ1n) is 7.40. The molecule has 1 aliphatic rings. The zero-order valence-electron chi connectivity index (χ0n) is 12.7. The first-order valence-corrected chi connectivity index (χ1v) is 7.40. The number of alkyl halides is 3. The van der Waals surface area contributed by atoms with Crippen LogP contribution in [0.2, 0.25) is 0 Å². The number of nitrogens with zero attached hydrogens (tertiary/aromatic N) is 2. The van der Waals surface area contributed by atoms with Gasteiger partial charge >= 0.3 is 6.18 Å².